The lowest BCUT2D eigenvalue weighted by Crippen LogP contribution is -2.42. The summed E-state index contributed by atoms with van der Waals surface area (Å²) >= 11 is 0. The molecular weight excluding hydrogens is 146 g/mol. The van der Waals surface area contributed by atoms with Crippen molar-refractivity contribution in [2.45, 2.75) is 20.3 Å². The number of carbonyl (C=O) groups is 2. The predicted octanol–water partition coefficient (Wildman–Crippen LogP) is 0.0151. The molecule has 0 saturated heterocycles. The van der Waals surface area contributed by atoms with Gasteiger partial charge in [-0.1, -0.05) is 6.92 Å². The summed E-state index contributed by atoms with van der Waals surface area (Å²) in [6, 6.07) is 0. The Morgan fingerprint density at radius 2 is 2.00 bits per heavy atom. The first-order valence-electron chi connectivity index (χ1n) is 3.45. The van der Waals surface area contributed by atoms with Crippen LogP contribution >= 0.6 is 0 Å². The topological polar surface area (TPSA) is 80.4 Å². The molecular formula is C7H13NO3. The number of ketones is 1. The summed E-state index contributed by atoms with van der Waals surface area (Å²) in [6.07, 6.45) is 0.208. The van der Waals surface area contributed by atoms with Gasteiger partial charge in [-0.3, -0.25) is 9.59 Å². The summed E-state index contributed by atoms with van der Waals surface area (Å²) < 4.78 is 0. The van der Waals surface area contributed by atoms with Crippen LogP contribution in [-0.4, -0.2) is 23.4 Å². The van der Waals surface area contributed by atoms with E-state index in [2.05, 4.69) is 0 Å². The number of carboxylic acids is 1. The lowest BCUT2D eigenvalue weighted by molar-refractivity contribution is -0.153. The van der Waals surface area contributed by atoms with Gasteiger partial charge in [-0.25, -0.2) is 0 Å². The summed E-state index contributed by atoms with van der Waals surface area (Å²) in [5.41, 5.74) is 3.79. The fraction of sp³-hybridized carbons (Fsp3) is 0.714. The fourth-order valence-electron chi connectivity index (χ4n) is 0.711. The molecule has 3 N–H and O–H groups in total. The van der Waals surface area contributed by atoms with Gasteiger partial charge in [0.25, 0.3) is 0 Å². The molecule has 64 valence electrons. The zero-order valence-corrected chi connectivity index (χ0v) is 6.76. The van der Waals surface area contributed by atoms with Crippen molar-refractivity contribution in [2.75, 3.05) is 6.54 Å². The van der Waals surface area contributed by atoms with Crippen LogP contribution < -0.4 is 5.73 Å². The van der Waals surface area contributed by atoms with Crippen molar-refractivity contribution in [3.05, 3.63) is 0 Å². The lowest BCUT2D eigenvalue weighted by Gasteiger charge is -2.19. The summed E-state index contributed by atoms with van der Waals surface area (Å²) in [7, 11) is 0. The first kappa shape index (κ1) is 10.1. The van der Waals surface area contributed by atoms with Gasteiger partial charge in [-0.15, -0.1) is 0 Å². The Balaban J connectivity index is 4.59. The Hall–Kier alpha value is -0.900. The Kier molecular flexibility index (Phi) is 3.19. The van der Waals surface area contributed by atoms with Gasteiger partial charge < -0.3 is 10.8 Å². The van der Waals surface area contributed by atoms with E-state index in [0.717, 1.165) is 0 Å². The largest absolute Gasteiger partial charge is 0.480 e. The number of carbonyl (C=O) groups excluding carboxylic acids is 1. The van der Waals surface area contributed by atoms with Gasteiger partial charge in [0, 0.05) is 13.0 Å². The molecule has 4 nitrogen and oxygen atoms in total. The molecule has 0 rings (SSSR count). The van der Waals surface area contributed by atoms with E-state index >= 15 is 0 Å². The van der Waals surface area contributed by atoms with Crippen LogP contribution in [0.1, 0.15) is 20.3 Å². The molecule has 0 saturated carbocycles. The highest BCUT2D eigenvalue weighted by atomic mass is 16.4. The molecule has 0 aliphatic heterocycles. The highest BCUT2D eigenvalue weighted by Gasteiger charge is 2.38. The molecule has 0 bridgehead atoms. The van der Waals surface area contributed by atoms with E-state index in [4.69, 9.17) is 10.8 Å². The Morgan fingerprint density at radius 1 is 1.55 bits per heavy atom. The number of aliphatic carboxylic acids is 1. The quantitative estimate of drug-likeness (QED) is 0.566. The monoisotopic (exact) mass is 159 g/mol. The molecule has 1 atom stereocenters. The third kappa shape index (κ3) is 1.77. The number of hydrogen-bond donors (Lipinski definition) is 2. The molecule has 0 amide bonds. The maximum Gasteiger partial charge on any atom is 0.318 e. The van der Waals surface area contributed by atoms with Crippen LogP contribution in [0.4, 0.5) is 0 Å². The van der Waals surface area contributed by atoms with Crippen LogP contribution in [0.15, 0.2) is 0 Å². The van der Waals surface area contributed by atoms with Crippen molar-refractivity contribution in [3.63, 3.8) is 0 Å². The second-order valence-electron chi connectivity index (χ2n) is 2.62. The molecule has 0 aliphatic carbocycles. The minimum atomic E-state index is -1.39. The molecule has 4 heteroatoms. The minimum Gasteiger partial charge on any atom is -0.480 e. The Bertz CT molecular complexity index is 179. The molecule has 0 heterocycles. The highest BCUT2D eigenvalue weighted by Crippen LogP contribution is 2.17. The average molecular weight is 159 g/mol. The molecule has 0 aromatic heterocycles. The second kappa shape index (κ2) is 3.48. The van der Waals surface area contributed by atoms with E-state index in [1.54, 1.807) is 6.92 Å². The molecule has 0 aromatic carbocycles. The lowest BCUT2D eigenvalue weighted by atomic mass is 9.85. The van der Waals surface area contributed by atoms with E-state index in [-0.39, 0.29) is 18.7 Å². The molecule has 0 aromatic rings. The third-order valence-electron chi connectivity index (χ3n) is 1.82. The molecule has 0 fully saturated rings. The molecule has 1 unspecified atom stereocenters. The zero-order valence-electron chi connectivity index (χ0n) is 6.76. The SMILES string of the molecule is CCC(=O)C(C)(CN)C(=O)O. The number of rotatable bonds is 4. The number of Topliss-reactive ketones (excluding diaryl/α,β-unsaturated/α-hetero) is 1. The van der Waals surface area contributed by atoms with E-state index in [0.29, 0.717) is 0 Å². The van der Waals surface area contributed by atoms with Crippen molar-refractivity contribution in [3.8, 4) is 0 Å². The van der Waals surface area contributed by atoms with Crippen LogP contribution in [0.5, 0.6) is 0 Å². The van der Waals surface area contributed by atoms with Crippen LogP contribution in [0.2, 0.25) is 0 Å². The average Bonchev–Trinajstić information content (AvgIpc) is 2.01. The van der Waals surface area contributed by atoms with Gasteiger partial charge in [0.05, 0.1) is 0 Å². The molecule has 11 heavy (non-hydrogen) atoms. The van der Waals surface area contributed by atoms with Crippen LogP contribution in [0.3, 0.4) is 0 Å². The molecule has 0 spiro atoms. The Morgan fingerprint density at radius 3 is 2.09 bits per heavy atom. The van der Waals surface area contributed by atoms with Crippen LogP contribution in [0.25, 0.3) is 0 Å². The normalized spacial score (nSPS) is 15.5. The van der Waals surface area contributed by atoms with Crippen LogP contribution in [-0.2, 0) is 9.59 Å². The minimum absolute atomic E-state index is 0.144. The smallest absolute Gasteiger partial charge is 0.318 e. The Labute approximate surface area is 65.4 Å². The van der Waals surface area contributed by atoms with Crippen LogP contribution in [0, 0.1) is 5.41 Å². The van der Waals surface area contributed by atoms with Gasteiger partial charge in [0.2, 0.25) is 0 Å². The van der Waals surface area contributed by atoms with Crippen molar-refractivity contribution < 1.29 is 14.7 Å². The van der Waals surface area contributed by atoms with E-state index < -0.39 is 11.4 Å². The first-order valence-corrected chi connectivity index (χ1v) is 3.45. The maximum atomic E-state index is 11.0. The van der Waals surface area contributed by atoms with Crippen molar-refractivity contribution in [1.82, 2.24) is 0 Å². The summed E-state index contributed by atoms with van der Waals surface area (Å²) in [4.78, 5) is 21.6. The standard InChI is InChI=1S/C7H13NO3/c1-3-5(9)7(2,4-8)6(10)11/h3-4,8H2,1-2H3,(H,10,11). The maximum absolute atomic E-state index is 11.0. The number of nitrogens with two attached hydrogens (primary N) is 1. The van der Waals surface area contributed by atoms with Crippen molar-refractivity contribution in [1.29, 1.82) is 0 Å². The summed E-state index contributed by atoms with van der Waals surface area (Å²) in [5, 5.41) is 8.63. The highest BCUT2D eigenvalue weighted by molar-refractivity contribution is 6.02. The number of hydrogen-bond acceptors (Lipinski definition) is 3. The summed E-state index contributed by atoms with van der Waals surface area (Å²) in [5.74, 6) is -1.47. The second-order valence-corrected chi connectivity index (χ2v) is 2.62. The van der Waals surface area contributed by atoms with Gasteiger partial charge >= 0.3 is 5.97 Å². The van der Waals surface area contributed by atoms with Gasteiger partial charge in [-0.05, 0) is 6.92 Å². The van der Waals surface area contributed by atoms with Crippen molar-refractivity contribution >= 4 is 11.8 Å². The van der Waals surface area contributed by atoms with Gasteiger partial charge in [0.1, 0.15) is 5.41 Å². The van der Waals surface area contributed by atoms with Crippen molar-refractivity contribution in [2.24, 2.45) is 11.1 Å². The number of carboxylic acid groups (broad SMARTS) is 1. The van der Waals surface area contributed by atoms with Gasteiger partial charge in [-0.2, -0.15) is 0 Å². The third-order valence-corrected chi connectivity index (χ3v) is 1.82. The van der Waals surface area contributed by atoms with E-state index in [1.807, 2.05) is 0 Å². The molecule has 0 radical (unpaired) electrons. The van der Waals surface area contributed by atoms with Gasteiger partial charge in [0.15, 0.2) is 5.78 Å². The van der Waals surface area contributed by atoms with E-state index in [1.165, 1.54) is 6.92 Å². The molecule has 0 aliphatic rings. The zero-order chi connectivity index (χ0) is 9.07. The predicted molar refractivity (Wildman–Crippen MR) is 40.1 cm³/mol. The first-order chi connectivity index (χ1) is 4.99. The van der Waals surface area contributed by atoms with E-state index in [9.17, 15) is 9.59 Å². The fourth-order valence-corrected chi connectivity index (χ4v) is 0.711. The summed E-state index contributed by atoms with van der Waals surface area (Å²) in [6.45, 7) is 2.83.